The topological polar surface area (TPSA) is 34.9 Å². The van der Waals surface area contributed by atoms with Crippen LogP contribution < -0.4 is 0 Å². The van der Waals surface area contributed by atoms with E-state index in [9.17, 15) is 8.60 Å². The lowest BCUT2D eigenvalue weighted by molar-refractivity contribution is 0.530. The minimum absolute atomic E-state index is 0.133. The fraction of sp³-hybridized carbons (Fsp3) is 0.462. The molecule has 0 radical (unpaired) electrons. The van der Waals surface area contributed by atoms with Gasteiger partial charge < -0.3 is 4.57 Å². The Morgan fingerprint density at radius 1 is 1.53 bits per heavy atom. The number of aromatic nitrogens is 2. The van der Waals surface area contributed by atoms with Gasteiger partial charge in [-0.25, -0.2) is 9.37 Å². The number of hydrogen-bond donors (Lipinski definition) is 0. The molecule has 0 aliphatic carbocycles. The van der Waals surface area contributed by atoms with Gasteiger partial charge in [0.2, 0.25) is 0 Å². The molecule has 2 atom stereocenters. The van der Waals surface area contributed by atoms with Gasteiger partial charge in [0, 0.05) is 34.9 Å². The normalized spacial score (nSPS) is 14.7. The maximum atomic E-state index is 13.2. The van der Waals surface area contributed by atoms with E-state index >= 15 is 0 Å². The standard InChI is InChI=1S/C13H16ClFN2OS/c1-9(5-6-19(2)18)17-12-4-3-10(15)7-11(12)16-13(17)8-14/h3-4,7,9H,5-6,8H2,1-2H3. The molecule has 19 heavy (non-hydrogen) atoms. The van der Waals surface area contributed by atoms with Crippen LogP contribution in [0.2, 0.25) is 0 Å². The zero-order valence-electron chi connectivity index (χ0n) is 10.9. The molecule has 0 spiro atoms. The Morgan fingerprint density at radius 2 is 2.26 bits per heavy atom. The predicted octanol–water partition coefficient (Wildman–Crippen LogP) is 3.24. The quantitative estimate of drug-likeness (QED) is 0.795. The number of nitrogens with zero attached hydrogens (tertiary/aromatic N) is 2. The molecule has 0 bridgehead atoms. The van der Waals surface area contributed by atoms with E-state index in [1.807, 2.05) is 11.5 Å². The average Bonchev–Trinajstić information content (AvgIpc) is 2.73. The molecule has 1 heterocycles. The van der Waals surface area contributed by atoms with Gasteiger partial charge in [-0.15, -0.1) is 11.6 Å². The highest BCUT2D eigenvalue weighted by molar-refractivity contribution is 7.84. The summed E-state index contributed by atoms with van der Waals surface area (Å²) in [5, 5.41) is 0. The number of alkyl halides is 1. The maximum Gasteiger partial charge on any atom is 0.125 e. The van der Waals surface area contributed by atoms with Crippen molar-refractivity contribution in [2.45, 2.75) is 25.3 Å². The number of hydrogen-bond acceptors (Lipinski definition) is 2. The summed E-state index contributed by atoms with van der Waals surface area (Å²) < 4.78 is 26.4. The smallest absolute Gasteiger partial charge is 0.125 e. The summed E-state index contributed by atoms with van der Waals surface area (Å²) in [6, 6.07) is 4.68. The third kappa shape index (κ3) is 3.15. The fourth-order valence-electron chi connectivity index (χ4n) is 2.17. The van der Waals surface area contributed by atoms with E-state index < -0.39 is 10.8 Å². The van der Waals surface area contributed by atoms with E-state index in [1.165, 1.54) is 12.1 Å². The van der Waals surface area contributed by atoms with Gasteiger partial charge in [-0.1, -0.05) is 0 Å². The minimum Gasteiger partial charge on any atom is -0.324 e. The molecule has 0 aliphatic heterocycles. The van der Waals surface area contributed by atoms with Gasteiger partial charge in [0.15, 0.2) is 0 Å². The van der Waals surface area contributed by atoms with Crippen molar-refractivity contribution in [1.29, 1.82) is 0 Å². The Balaban J connectivity index is 2.42. The molecule has 1 aromatic heterocycles. The fourth-order valence-corrected chi connectivity index (χ4v) is 3.04. The van der Waals surface area contributed by atoms with Crippen LogP contribution in [-0.2, 0) is 16.7 Å². The summed E-state index contributed by atoms with van der Waals surface area (Å²) in [4.78, 5) is 4.36. The van der Waals surface area contributed by atoms with Crippen LogP contribution in [0.1, 0.15) is 25.2 Å². The van der Waals surface area contributed by atoms with Crippen molar-refractivity contribution in [3.63, 3.8) is 0 Å². The van der Waals surface area contributed by atoms with Crippen LogP contribution >= 0.6 is 11.6 Å². The highest BCUT2D eigenvalue weighted by atomic mass is 35.5. The second-order valence-corrected chi connectivity index (χ2v) is 6.40. The van der Waals surface area contributed by atoms with Crippen molar-refractivity contribution >= 4 is 33.4 Å². The highest BCUT2D eigenvalue weighted by Crippen LogP contribution is 2.25. The third-order valence-electron chi connectivity index (χ3n) is 3.11. The van der Waals surface area contributed by atoms with Gasteiger partial charge in [-0.2, -0.15) is 0 Å². The Morgan fingerprint density at radius 3 is 2.89 bits per heavy atom. The summed E-state index contributed by atoms with van der Waals surface area (Å²) >= 11 is 5.91. The SMILES string of the molecule is CC(CCS(C)=O)n1c(CCl)nc2cc(F)ccc21. The van der Waals surface area contributed by atoms with Gasteiger partial charge in [0.25, 0.3) is 0 Å². The Kier molecular flexibility index (Phi) is 4.58. The second kappa shape index (κ2) is 6.01. The van der Waals surface area contributed by atoms with E-state index in [0.29, 0.717) is 11.3 Å². The lowest BCUT2D eigenvalue weighted by atomic mass is 10.2. The molecule has 0 aliphatic rings. The Hall–Kier alpha value is -0.940. The number of rotatable bonds is 5. The monoisotopic (exact) mass is 302 g/mol. The van der Waals surface area contributed by atoms with Crippen LogP contribution in [0.4, 0.5) is 4.39 Å². The zero-order valence-corrected chi connectivity index (χ0v) is 12.5. The number of halogens is 2. The van der Waals surface area contributed by atoms with Gasteiger partial charge in [-0.05, 0) is 25.5 Å². The Labute approximate surface area is 119 Å². The average molecular weight is 303 g/mol. The lowest BCUT2D eigenvalue weighted by Crippen LogP contribution is -2.11. The molecule has 0 amide bonds. The van der Waals surface area contributed by atoms with E-state index in [4.69, 9.17) is 11.6 Å². The van der Waals surface area contributed by atoms with E-state index in [1.54, 1.807) is 12.3 Å². The predicted molar refractivity (Wildman–Crippen MR) is 77.5 cm³/mol. The molecule has 3 nitrogen and oxygen atoms in total. The minimum atomic E-state index is -0.820. The summed E-state index contributed by atoms with van der Waals surface area (Å²) in [5.41, 5.74) is 1.48. The van der Waals surface area contributed by atoms with Gasteiger partial charge in [0.05, 0.1) is 16.9 Å². The largest absolute Gasteiger partial charge is 0.324 e. The van der Waals surface area contributed by atoms with Crippen molar-refractivity contribution in [2.24, 2.45) is 0 Å². The third-order valence-corrected chi connectivity index (χ3v) is 4.16. The molecule has 104 valence electrons. The molecule has 2 unspecified atom stereocenters. The van der Waals surface area contributed by atoms with Gasteiger partial charge >= 0.3 is 0 Å². The maximum absolute atomic E-state index is 13.2. The second-order valence-electron chi connectivity index (χ2n) is 4.58. The van der Waals surface area contributed by atoms with E-state index in [-0.39, 0.29) is 17.7 Å². The molecule has 0 N–H and O–H groups in total. The first kappa shape index (κ1) is 14.5. The number of fused-ring (bicyclic) bond motifs is 1. The summed E-state index contributed by atoms with van der Waals surface area (Å²) in [6.07, 6.45) is 2.46. The lowest BCUT2D eigenvalue weighted by Gasteiger charge is -2.16. The van der Waals surface area contributed by atoms with Crippen LogP contribution in [0.25, 0.3) is 11.0 Å². The van der Waals surface area contributed by atoms with Gasteiger partial charge in [0.1, 0.15) is 11.6 Å². The first-order chi connectivity index (χ1) is 9.02. The zero-order chi connectivity index (χ0) is 14.0. The number of imidazole rings is 1. The molecule has 0 fully saturated rings. The molecule has 2 rings (SSSR count). The molecule has 6 heteroatoms. The van der Waals surface area contributed by atoms with Crippen LogP contribution in [-0.4, -0.2) is 25.8 Å². The molecule has 2 aromatic rings. The molecule has 0 saturated heterocycles. The number of benzene rings is 1. The van der Waals surface area contributed by atoms with E-state index in [0.717, 1.165) is 17.8 Å². The molecular weight excluding hydrogens is 287 g/mol. The van der Waals surface area contributed by atoms with Crippen LogP contribution in [0, 0.1) is 5.82 Å². The Bertz CT molecular complexity index is 614. The van der Waals surface area contributed by atoms with Crippen molar-refractivity contribution in [1.82, 2.24) is 9.55 Å². The molecule has 0 saturated carbocycles. The van der Waals surface area contributed by atoms with Crippen molar-refractivity contribution in [3.8, 4) is 0 Å². The highest BCUT2D eigenvalue weighted by Gasteiger charge is 2.16. The van der Waals surface area contributed by atoms with E-state index in [2.05, 4.69) is 4.98 Å². The van der Waals surface area contributed by atoms with Crippen LogP contribution in [0.15, 0.2) is 18.2 Å². The van der Waals surface area contributed by atoms with Crippen molar-refractivity contribution < 1.29 is 8.60 Å². The summed E-state index contributed by atoms with van der Waals surface area (Å²) in [7, 11) is -0.820. The first-order valence-electron chi connectivity index (χ1n) is 6.05. The van der Waals surface area contributed by atoms with Crippen LogP contribution in [0.5, 0.6) is 0 Å². The van der Waals surface area contributed by atoms with Gasteiger partial charge in [-0.3, -0.25) is 4.21 Å². The molecule has 1 aromatic carbocycles. The van der Waals surface area contributed by atoms with Crippen molar-refractivity contribution in [2.75, 3.05) is 12.0 Å². The summed E-state index contributed by atoms with van der Waals surface area (Å²) in [6.45, 7) is 2.04. The first-order valence-corrected chi connectivity index (χ1v) is 8.31. The summed E-state index contributed by atoms with van der Waals surface area (Å²) in [5.74, 6) is 1.32. The van der Waals surface area contributed by atoms with Crippen LogP contribution in [0.3, 0.4) is 0 Å². The van der Waals surface area contributed by atoms with Crippen molar-refractivity contribution in [3.05, 3.63) is 29.8 Å². The molecular formula is C13H16ClFN2OS.